The van der Waals surface area contributed by atoms with Gasteiger partial charge in [-0.25, -0.2) is 4.39 Å². The molecule has 0 unspecified atom stereocenters. The molecular formula is C19H28F2O2. The zero-order chi connectivity index (χ0) is 16.8. The van der Waals surface area contributed by atoms with Gasteiger partial charge in [-0.1, -0.05) is 19.9 Å². The summed E-state index contributed by atoms with van der Waals surface area (Å²) in [6.45, 7) is 5.12. The largest absolute Gasteiger partial charge is 0.490 e. The minimum atomic E-state index is -0.843. The summed E-state index contributed by atoms with van der Waals surface area (Å²) >= 11 is 0. The van der Waals surface area contributed by atoms with Crippen LogP contribution in [0, 0.1) is 23.5 Å². The van der Waals surface area contributed by atoms with Gasteiger partial charge in [-0.3, -0.25) is 0 Å². The van der Waals surface area contributed by atoms with E-state index in [1.54, 1.807) is 19.2 Å². The summed E-state index contributed by atoms with van der Waals surface area (Å²) in [5.41, 5.74) is 0.504. The third kappa shape index (κ3) is 4.90. The van der Waals surface area contributed by atoms with Crippen molar-refractivity contribution in [2.24, 2.45) is 11.8 Å². The van der Waals surface area contributed by atoms with Crippen molar-refractivity contribution in [2.45, 2.75) is 51.9 Å². The highest BCUT2D eigenvalue weighted by Gasteiger charge is 2.26. The van der Waals surface area contributed by atoms with E-state index < -0.39 is 11.6 Å². The molecule has 1 aliphatic carbocycles. The number of benzene rings is 1. The maximum absolute atomic E-state index is 14.4. The van der Waals surface area contributed by atoms with Crippen LogP contribution in [0.4, 0.5) is 8.78 Å². The lowest BCUT2D eigenvalue weighted by molar-refractivity contribution is 0.162. The second-order valence-corrected chi connectivity index (χ2v) is 6.98. The van der Waals surface area contributed by atoms with Crippen molar-refractivity contribution >= 4 is 0 Å². The first-order valence-corrected chi connectivity index (χ1v) is 8.62. The minimum absolute atomic E-state index is 0.0220. The van der Waals surface area contributed by atoms with Crippen LogP contribution in [-0.4, -0.2) is 20.3 Å². The molecule has 0 radical (unpaired) electrons. The smallest absolute Gasteiger partial charge is 0.200 e. The molecule has 0 aromatic heterocycles. The molecule has 1 aromatic rings. The van der Waals surface area contributed by atoms with Crippen molar-refractivity contribution in [1.29, 1.82) is 0 Å². The minimum Gasteiger partial charge on any atom is -0.490 e. The van der Waals surface area contributed by atoms with E-state index in [0.717, 1.165) is 38.7 Å². The Kier molecular flexibility index (Phi) is 6.82. The molecule has 2 rings (SSSR count). The van der Waals surface area contributed by atoms with Crippen molar-refractivity contribution < 1.29 is 18.3 Å². The molecular weight excluding hydrogens is 298 g/mol. The van der Waals surface area contributed by atoms with Crippen LogP contribution >= 0.6 is 0 Å². The van der Waals surface area contributed by atoms with Crippen molar-refractivity contribution in [3.63, 3.8) is 0 Å². The normalized spacial score (nSPS) is 21.7. The van der Waals surface area contributed by atoms with Crippen molar-refractivity contribution in [2.75, 3.05) is 20.3 Å². The van der Waals surface area contributed by atoms with Gasteiger partial charge in [0.25, 0.3) is 0 Å². The quantitative estimate of drug-likeness (QED) is 0.676. The molecule has 1 aliphatic rings. The van der Waals surface area contributed by atoms with Crippen LogP contribution in [0.2, 0.25) is 0 Å². The lowest BCUT2D eigenvalue weighted by Crippen LogP contribution is -2.16. The molecule has 0 atom stereocenters. The van der Waals surface area contributed by atoms with E-state index in [-0.39, 0.29) is 17.6 Å². The fourth-order valence-corrected chi connectivity index (χ4v) is 3.28. The Morgan fingerprint density at radius 3 is 2.39 bits per heavy atom. The maximum atomic E-state index is 14.4. The highest BCUT2D eigenvalue weighted by atomic mass is 19.2. The summed E-state index contributed by atoms with van der Waals surface area (Å²) in [5, 5.41) is 0. The molecule has 23 heavy (non-hydrogen) atoms. The highest BCUT2D eigenvalue weighted by Crippen LogP contribution is 2.39. The fraction of sp³-hybridized carbons (Fsp3) is 0.684. The number of ether oxygens (including phenoxy) is 2. The van der Waals surface area contributed by atoms with Crippen LogP contribution in [0.3, 0.4) is 0 Å². The maximum Gasteiger partial charge on any atom is 0.200 e. The Labute approximate surface area is 138 Å². The third-order valence-corrected chi connectivity index (χ3v) is 4.67. The van der Waals surface area contributed by atoms with Gasteiger partial charge >= 0.3 is 0 Å². The van der Waals surface area contributed by atoms with Crippen LogP contribution in [0.1, 0.15) is 57.4 Å². The Balaban J connectivity index is 2.00. The third-order valence-electron chi connectivity index (χ3n) is 4.67. The molecule has 4 heteroatoms. The molecule has 1 saturated carbocycles. The Hall–Kier alpha value is -1.16. The topological polar surface area (TPSA) is 18.5 Å². The number of hydrogen-bond donors (Lipinski definition) is 0. The molecule has 0 bridgehead atoms. The summed E-state index contributed by atoms with van der Waals surface area (Å²) in [6, 6.07) is 3.28. The van der Waals surface area contributed by atoms with E-state index in [1.165, 1.54) is 0 Å². The summed E-state index contributed by atoms with van der Waals surface area (Å²) in [7, 11) is 1.71. The van der Waals surface area contributed by atoms with Gasteiger partial charge in [0.15, 0.2) is 11.6 Å². The van der Waals surface area contributed by atoms with Gasteiger partial charge in [-0.05, 0) is 61.5 Å². The summed E-state index contributed by atoms with van der Waals surface area (Å²) in [4.78, 5) is 0. The fourth-order valence-electron chi connectivity index (χ4n) is 3.28. The van der Waals surface area contributed by atoms with E-state index in [9.17, 15) is 8.78 Å². The van der Waals surface area contributed by atoms with Gasteiger partial charge in [0.2, 0.25) is 5.82 Å². The number of rotatable bonds is 7. The molecule has 0 heterocycles. The molecule has 0 N–H and O–H groups in total. The van der Waals surface area contributed by atoms with E-state index >= 15 is 0 Å². The van der Waals surface area contributed by atoms with Gasteiger partial charge in [-0.15, -0.1) is 0 Å². The van der Waals surface area contributed by atoms with E-state index in [1.807, 2.05) is 13.8 Å². The van der Waals surface area contributed by atoms with Crippen molar-refractivity contribution in [3.05, 3.63) is 29.3 Å². The van der Waals surface area contributed by atoms with E-state index in [4.69, 9.17) is 9.47 Å². The number of methoxy groups -OCH3 is 1. The van der Waals surface area contributed by atoms with Gasteiger partial charge in [0.05, 0.1) is 6.61 Å². The average Bonchev–Trinajstić information content (AvgIpc) is 2.55. The van der Waals surface area contributed by atoms with Gasteiger partial charge in [0.1, 0.15) is 0 Å². The predicted octanol–water partition coefficient (Wildman–Crippen LogP) is 5.31. The number of halogens is 2. The lowest BCUT2D eigenvalue weighted by atomic mass is 9.77. The van der Waals surface area contributed by atoms with Crippen molar-refractivity contribution in [3.8, 4) is 5.75 Å². The average molecular weight is 326 g/mol. The van der Waals surface area contributed by atoms with E-state index in [0.29, 0.717) is 18.1 Å². The molecule has 130 valence electrons. The SMILES string of the molecule is COCCC1CCC(c2ccc(OCC(C)C)c(F)c2F)CC1. The first-order chi connectivity index (χ1) is 11.0. The zero-order valence-electron chi connectivity index (χ0n) is 14.4. The summed E-state index contributed by atoms with van der Waals surface area (Å²) in [5.74, 6) is -0.514. The van der Waals surface area contributed by atoms with Crippen LogP contribution in [0.25, 0.3) is 0 Å². The highest BCUT2D eigenvalue weighted by molar-refractivity contribution is 5.33. The second kappa shape index (κ2) is 8.62. The summed E-state index contributed by atoms with van der Waals surface area (Å²) in [6.07, 6.45) is 5.00. The monoisotopic (exact) mass is 326 g/mol. The van der Waals surface area contributed by atoms with Crippen LogP contribution in [-0.2, 0) is 4.74 Å². The molecule has 1 fully saturated rings. The van der Waals surface area contributed by atoms with Crippen LogP contribution in [0.15, 0.2) is 12.1 Å². The van der Waals surface area contributed by atoms with Gasteiger partial charge in [-0.2, -0.15) is 4.39 Å². The Morgan fingerprint density at radius 1 is 1.09 bits per heavy atom. The molecule has 2 nitrogen and oxygen atoms in total. The Morgan fingerprint density at radius 2 is 1.78 bits per heavy atom. The predicted molar refractivity (Wildman–Crippen MR) is 87.9 cm³/mol. The zero-order valence-corrected chi connectivity index (χ0v) is 14.4. The molecule has 1 aromatic carbocycles. The van der Waals surface area contributed by atoms with Gasteiger partial charge in [0, 0.05) is 13.7 Å². The van der Waals surface area contributed by atoms with Crippen molar-refractivity contribution in [1.82, 2.24) is 0 Å². The van der Waals surface area contributed by atoms with Crippen LogP contribution in [0.5, 0.6) is 5.75 Å². The molecule has 0 aliphatic heterocycles. The standard InChI is InChI=1S/C19H28F2O2/c1-13(2)12-23-17-9-8-16(18(20)19(17)21)15-6-4-14(5-7-15)10-11-22-3/h8-9,13-15H,4-7,10-12H2,1-3H3. The summed E-state index contributed by atoms with van der Waals surface area (Å²) < 4.78 is 39.1. The van der Waals surface area contributed by atoms with E-state index in [2.05, 4.69) is 0 Å². The first kappa shape index (κ1) is 18.2. The molecule has 0 spiro atoms. The molecule has 0 amide bonds. The first-order valence-electron chi connectivity index (χ1n) is 8.62. The Bertz CT molecular complexity index is 494. The van der Waals surface area contributed by atoms with Crippen LogP contribution < -0.4 is 4.74 Å². The second-order valence-electron chi connectivity index (χ2n) is 6.98. The lowest BCUT2D eigenvalue weighted by Gasteiger charge is -2.29. The van der Waals surface area contributed by atoms with Gasteiger partial charge < -0.3 is 9.47 Å². The number of hydrogen-bond acceptors (Lipinski definition) is 2. The molecule has 0 saturated heterocycles.